The molecule has 1 saturated carbocycles. The number of rotatable bonds is 8. The molecule has 5 heteroatoms. The summed E-state index contributed by atoms with van der Waals surface area (Å²) >= 11 is 1.80. The van der Waals surface area contributed by atoms with Crippen molar-refractivity contribution in [2.45, 2.75) is 44.9 Å². The average molecular weight is 283 g/mol. The fourth-order valence-corrected chi connectivity index (χ4v) is 3.56. The number of hydrogen-bond acceptors (Lipinski definition) is 5. The molecule has 1 fully saturated rings. The second-order valence-corrected chi connectivity index (χ2v) is 6.44. The smallest absolute Gasteiger partial charge is 0.118 e. The highest BCUT2D eigenvalue weighted by Gasteiger charge is 2.16. The first-order valence-corrected chi connectivity index (χ1v) is 8.21. The quantitative estimate of drug-likeness (QED) is 0.744. The molecular weight excluding hydrogens is 258 g/mol. The van der Waals surface area contributed by atoms with Gasteiger partial charge in [0.15, 0.2) is 0 Å². The van der Waals surface area contributed by atoms with Crippen LogP contribution in [0, 0.1) is 5.92 Å². The van der Waals surface area contributed by atoms with Crippen LogP contribution in [0.2, 0.25) is 0 Å². The number of nitrogens with zero attached hydrogens (tertiary/aromatic N) is 2. The van der Waals surface area contributed by atoms with Crippen LogP contribution in [0.4, 0.5) is 0 Å². The van der Waals surface area contributed by atoms with Gasteiger partial charge in [-0.2, -0.15) is 0 Å². The van der Waals surface area contributed by atoms with Crippen LogP contribution < -0.4 is 5.32 Å². The van der Waals surface area contributed by atoms with E-state index in [1.165, 1.54) is 37.1 Å². The molecular formula is C14H25N3OS. The summed E-state index contributed by atoms with van der Waals surface area (Å²) in [6, 6.07) is 0. The number of aromatic nitrogens is 2. The lowest BCUT2D eigenvalue weighted by Gasteiger charge is -2.19. The minimum atomic E-state index is 0.767. The van der Waals surface area contributed by atoms with E-state index in [2.05, 4.69) is 15.5 Å². The van der Waals surface area contributed by atoms with Gasteiger partial charge in [0.2, 0.25) is 0 Å². The topological polar surface area (TPSA) is 47.0 Å². The van der Waals surface area contributed by atoms with Crippen LogP contribution in [-0.2, 0) is 17.6 Å². The number of methoxy groups -OCH3 is 1. The summed E-state index contributed by atoms with van der Waals surface area (Å²) in [6.45, 7) is 2.63. The average Bonchev–Trinajstić information content (AvgIpc) is 2.87. The molecule has 1 aliphatic rings. The second-order valence-electron chi connectivity index (χ2n) is 5.29. The molecule has 0 bridgehead atoms. The van der Waals surface area contributed by atoms with Crippen LogP contribution >= 0.6 is 11.3 Å². The third-order valence-corrected chi connectivity index (χ3v) is 4.70. The summed E-state index contributed by atoms with van der Waals surface area (Å²) in [5.41, 5.74) is 0. The first-order valence-electron chi connectivity index (χ1n) is 7.39. The molecule has 19 heavy (non-hydrogen) atoms. The Morgan fingerprint density at radius 3 is 2.74 bits per heavy atom. The Kier molecular flexibility index (Phi) is 6.74. The van der Waals surface area contributed by atoms with E-state index >= 15 is 0 Å². The van der Waals surface area contributed by atoms with Gasteiger partial charge >= 0.3 is 0 Å². The first-order chi connectivity index (χ1) is 9.38. The van der Waals surface area contributed by atoms with Crippen molar-refractivity contribution in [3.8, 4) is 0 Å². The highest BCUT2D eigenvalue weighted by atomic mass is 32.1. The van der Waals surface area contributed by atoms with Crippen LogP contribution in [0.5, 0.6) is 0 Å². The van der Waals surface area contributed by atoms with E-state index in [1.807, 2.05) is 0 Å². The lowest BCUT2D eigenvalue weighted by molar-refractivity contribution is 0.199. The van der Waals surface area contributed by atoms with E-state index in [9.17, 15) is 0 Å². The predicted octanol–water partition coefficient (Wildman–Crippen LogP) is 2.44. The normalized spacial score (nSPS) is 16.9. The van der Waals surface area contributed by atoms with E-state index in [0.29, 0.717) is 0 Å². The zero-order chi connectivity index (χ0) is 13.3. The molecule has 0 saturated heterocycles. The van der Waals surface area contributed by atoms with Crippen molar-refractivity contribution in [1.82, 2.24) is 15.5 Å². The fourth-order valence-electron chi connectivity index (χ4n) is 2.60. The zero-order valence-corrected chi connectivity index (χ0v) is 12.7. The minimum Gasteiger partial charge on any atom is -0.383 e. The Morgan fingerprint density at radius 2 is 1.95 bits per heavy atom. The minimum absolute atomic E-state index is 0.767. The molecule has 1 N–H and O–H groups in total. The van der Waals surface area contributed by atoms with E-state index in [-0.39, 0.29) is 0 Å². The summed E-state index contributed by atoms with van der Waals surface area (Å²) in [7, 11) is 1.73. The summed E-state index contributed by atoms with van der Waals surface area (Å²) in [5.74, 6) is 0.856. The molecule has 1 aromatic heterocycles. The summed E-state index contributed by atoms with van der Waals surface area (Å²) < 4.78 is 4.99. The molecule has 4 nitrogen and oxygen atoms in total. The molecule has 0 spiro atoms. The van der Waals surface area contributed by atoms with Gasteiger partial charge in [0.25, 0.3) is 0 Å². The van der Waals surface area contributed by atoms with Gasteiger partial charge in [0.1, 0.15) is 10.0 Å². The van der Waals surface area contributed by atoms with Gasteiger partial charge in [-0.15, -0.1) is 21.5 Å². The highest BCUT2D eigenvalue weighted by molar-refractivity contribution is 7.11. The largest absolute Gasteiger partial charge is 0.383 e. The van der Waals surface area contributed by atoms with Gasteiger partial charge in [-0.25, -0.2) is 0 Å². The van der Waals surface area contributed by atoms with Gasteiger partial charge in [-0.1, -0.05) is 32.1 Å². The van der Waals surface area contributed by atoms with E-state index < -0.39 is 0 Å². The Bertz CT molecular complexity index is 350. The second kappa shape index (κ2) is 8.61. The van der Waals surface area contributed by atoms with Crippen molar-refractivity contribution in [3.63, 3.8) is 0 Å². The first kappa shape index (κ1) is 14.9. The van der Waals surface area contributed by atoms with Crippen molar-refractivity contribution in [2.75, 3.05) is 26.8 Å². The van der Waals surface area contributed by atoms with Crippen molar-refractivity contribution < 1.29 is 4.74 Å². The molecule has 0 radical (unpaired) electrons. The van der Waals surface area contributed by atoms with Crippen molar-refractivity contribution in [2.24, 2.45) is 5.92 Å². The number of nitrogens with one attached hydrogen (secondary N) is 1. The van der Waals surface area contributed by atoms with E-state index in [4.69, 9.17) is 4.74 Å². The Balaban J connectivity index is 1.66. The Labute approximate surface area is 120 Å². The molecule has 0 atom stereocenters. The maximum atomic E-state index is 4.99. The molecule has 0 amide bonds. The fraction of sp³-hybridized carbons (Fsp3) is 0.857. The Hall–Kier alpha value is -0.520. The van der Waals surface area contributed by atoms with E-state index in [1.54, 1.807) is 18.4 Å². The summed E-state index contributed by atoms with van der Waals surface area (Å²) in [4.78, 5) is 0. The van der Waals surface area contributed by atoms with Crippen molar-refractivity contribution in [1.29, 1.82) is 0 Å². The lowest BCUT2D eigenvalue weighted by Crippen LogP contribution is -2.21. The van der Waals surface area contributed by atoms with Crippen molar-refractivity contribution >= 4 is 11.3 Å². The van der Waals surface area contributed by atoms with Crippen LogP contribution in [0.1, 0.15) is 42.1 Å². The molecule has 0 aromatic carbocycles. The molecule has 1 aromatic rings. The van der Waals surface area contributed by atoms with Crippen LogP contribution in [0.15, 0.2) is 0 Å². The standard InChI is InChI=1S/C14H25N3OS/c1-18-10-9-15-8-7-13-16-17-14(19-13)11-12-5-3-2-4-6-12/h12,15H,2-11H2,1H3. The molecule has 1 heterocycles. The summed E-state index contributed by atoms with van der Waals surface area (Å²) in [6.07, 6.45) is 9.12. The molecule has 0 aliphatic heterocycles. The SMILES string of the molecule is COCCNCCc1nnc(CC2CCCCC2)s1. The van der Waals surface area contributed by atoms with Gasteiger partial charge in [-0.05, 0) is 5.92 Å². The van der Waals surface area contributed by atoms with Crippen molar-refractivity contribution in [3.05, 3.63) is 10.0 Å². The van der Waals surface area contributed by atoms with Gasteiger partial charge in [-0.3, -0.25) is 0 Å². The van der Waals surface area contributed by atoms with Crippen LogP contribution in [0.25, 0.3) is 0 Å². The molecule has 108 valence electrons. The van der Waals surface area contributed by atoms with Crippen LogP contribution in [0.3, 0.4) is 0 Å². The molecule has 0 unspecified atom stereocenters. The third kappa shape index (κ3) is 5.55. The van der Waals surface area contributed by atoms with Gasteiger partial charge < -0.3 is 10.1 Å². The molecule has 2 rings (SSSR count). The van der Waals surface area contributed by atoms with Gasteiger partial charge in [0.05, 0.1) is 6.61 Å². The summed E-state index contributed by atoms with van der Waals surface area (Å²) in [5, 5.41) is 14.4. The lowest BCUT2D eigenvalue weighted by atomic mass is 9.87. The van der Waals surface area contributed by atoms with E-state index in [0.717, 1.165) is 43.5 Å². The third-order valence-electron chi connectivity index (χ3n) is 3.70. The maximum absolute atomic E-state index is 4.99. The number of hydrogen-bond donors (Lipinski definition) is 1. The monoisotopic (exact) mass is 283 g/mol. The predicted molar refractivity (Wildman–Crippen MR) is 78.6 cm³/mol. The zero-order valence-electron chi connectivity index (χ0n) is 11.9. The number of ether oxygens (including phenoxy) is 1. The highest BCUT2D eigenvalue weighted by Crippen LogP contribution is 2.27. The Morgan fingerprint density at radius 1 is 1.16 bits per heavy atom. The molecule has 1 aliphatic carbocycles. The maximum Gasteiger partial charge on any atom is 0.118 e. The van der Waals surface area contributed by atoms with Crippen LogP contribution in [-0.4, -0.2) is 37.0 Å². The van der Waals surface area contributed by atoms with Gasteiger partial charge in [0, 0.05) is 33.0 Å².